The molecule has 162 valence electrons. The molecule has 0 aromatic heterocycles. The summed E-state index contributed by atoms with van der Waals surface area (Å²) in [7, 11) is 1.56. The lowest BCUT2D eigenvalue weighted by atomic mass is 10.2. The summed E-state index contributed by atoms with van der Waals surface area (Å²) in [6.07, 6.45) is 0. The van der Waals surface area contributed by atoms with E-state index in [1.807, 2.05) is 6.92 Å². The molecular weight excluding hydrogens is 396 g/mol. The SMILES string of the molecule is CCN(CC(=O)Nc1ccc(OC)cc1)C(C)C(=O)Nc1ccc(OC(F)F)cc1. The van der Waals surface area contributed by atoms with E-state index < -0.39 is 12.7 Å². The summed E-state index contributed by atoms with van der Waals surface area (Å²) in [6, 6.07) is 12.0. The maximum Gasteiger partial charge on any atom is 0.387 e. The zero-order chi connectivity index (χ0) is 22.1. The molecule has 0 spiro atoms. The highest BCUT2D eigenvalue weighted by atomic mass is 19.3. The van der Waals surface area contributed by atoms with Crippen molar-refractivity contribution < 1.29 is 27.8 Å². The first-order valence-corrected chi connectivity index (χ1v) is 9.36. The van der Waals surface area contributed by atoms with Gasteiger partial charge in [-0.3, -0.25) is 14.5 Å². The number of amides is 2. The molecule has 7 nitrogen and oxygen atoms in total. The Labute approximate surface area is 174 Å². The van der Waals surface area contributed by atoms with Crippen molar-refractivity contribution in [1.82, 2.24) is 4.90 Å². The van der Waals surface area contributed by atoms with Crippen molar-refractivity contribution in [2.45, 2.75) is 26.5 Å². The first-order valence-electron chi connectivity index (χ1n) is 9.36. The predicted octanol–water partition coefficient (Wildman–Crippen LogP) is 3.58. The number of methoxy groups -OCH3 is 1. The molecular formula is C21H25F2N3O4. The van der Waals surface area contributed by atoms with Crippen molar-refractivity contribution >= 4 is 23.2 Å². The monoisotopic (exact) mass is 421 g/mol. The Balaban J connectivity index is 1.91. The minimum Gasteiger partial charge on any atom is -0.497 e. The van der Waals surface area contributed by atoms with Gasteiger partial charge in [0.2, 0.25) is 11.8 Å². The smallest absolute Gasteiger partial charge is 0.387 e. The summed E-state index contributed by atoms with van der Waals surface area (Å²) in [5.41, 5.74) is 1.06. The minimum atomic E-state index is -2.91. The summed E-state index contributed by atoms with van der Waals surface area (Å²) in [4.78, 5) is 26.6. The molecule has 2 N–H and O–H groups in total. The molecule has 0 aliphatic rings. The summed E-state index contributed by atoms with van der Waals surface area (Å²) in [6.45, 7) is 1.13. The molecule has 9 heteroatoms. The van der Waals surface area contributed by atoms with E-state index in [0.717, 1.165) is 0 Å². The quantitative estimate of drug-likeness (QED) is 0.613. The van der Waals surface area contributed by atoms with E-state index in [2.05, 4.69) is 15.4 Å². The van der Waals surface area contributed by atoms with E-state index in [1.54, 1.807) is 43.2 Å². The van der Waals surface area contributed by atoms with Crippen molar-refractivity contribution in [3.05, 3.63) is 48.5 Å². The average Bonchev–Trinajstić information content (AvgIpc) is 2.73. The van der Waals surface area contributed by atoms with Gasteiger partial charge in [-0.05, 0) is 62.0 Å². The second kappa shape index (κ2) is 11.1. The lowest BCUT2D eigenvalue weighted by Crippen LogP contribution is -2.45. The van der Waals surface area contributed by atoms with Crippen LogP contribution in [0.4, 0.5) is 20.2 Å². The Bertz CT molecular complexity index is 829. The van der Waals surface area contributed by atoms with Crippen LogP contribution in [0.1, 0.15) is 13.8 Å². The van der Waals surface area contributed by atoms with Crippen LogP contribution in [-0.4, -0.2) is 49.6 Å². The lowest BCUT2D eigenvalue weighted by molar-refractivity contribution is -0.123. The predicted molar refractivity (Wildman–Crippen MR) is 110 cm³/mol. The lowest BCUT2D eigenvalue weighted by Gasteiger charge is -2.26. The normalized spacial score (nSPS) is 11.8. The maximum absolute atomic E-state index is 12.5. The average molecular weight is 421 g/mol. The highest BCUT2D eigenvalue weighted by molar-refractivity contribution is 5.96. The van der Waals surface area contributed by atoms with Gasteiger partial charge in [0.1, 0.15) is 11.5 Å². The summed E-state index contributed by atoms with van der Waals surface area (Å²) in [5, 5.41) is 5.48. The number of anilines is 2. The van der Waals surface area contributed by atoms with Crippen LogP contribution < -0.4 is 20.1 Å². The molecule has 2 aromatic rings. The summed E-state index contributed by atoms with van der Waals surface area (Å²) < 4.78 is 33.8. The molecule has 2 amide bonds. The Hall–Kier alpha value is -3.20. The van der Waals surface area contributed by atoms with E-state index >= 15 is 0 Å². The van der Waals surface area contributed by atoms with Gasteiger partial charge in [0.25, 0.3) is 0 Å². The minimum absolute atomic E-state index is 0.00133. The summed E-state index contributed by atoms with van der Waals surface area (Å²) in [5.74, 6) is 0.107. The Morgan fingerprint density at radius 3 is 2.00 bits per heavy atom. The maximum atomic E-state index is 12.5. The fourth-order valence-corrected chi connectivity index (χ4v) is 2.71. The molecule has 0 heterocycles. The van der Waals surface area contributed by atoms with Gasteiger partial charge in [-0.15, -0.1) is 0 Å². The van der Waals surface area contributed by atoms with Crippen molar-refractivity contribution in [3.8, 4) is 11.5 Å². The second-order valence-electron chi connectivity index (χ2n) is 6.41. The van der Waals surface area contributed by atoms with Crippen LogP contribution >= 0.6 is 0 Å². The number of alkyl halides is 2. The van der Waals surface area contributed by atoms with Gasteiger partial charge in [0.05, 0.1) is 19.7 Å². The van der Waals surface area contributed by atoms with Crippen molar-refractivity contribution in [1.29, 1.82) is 0 Å². The first-order chi connectivity index (χ1) is 14.3. The number of nitrogens with one attached hydrogen (secondary N) is 2. The third kappa shape index (κ3) is 7.00. The number of hydrogen-bond donors (Lipinski definition) is 2. The fourth-order valence-electron chi connectivity index (χ4n) is 2.71. The largest absolute Gasteiger partial charge is 0.497 e. The zero-order valence-corrected chi connectivity index (χ0v) is 17.0. The number of carbonyl (C=O) groups is 2. The highest BCUT2D eigenvalue weighted by Crippen LogP contribution is 2.18. The molecule has 2 aromatic carbocycles. The number of benzene rings is 2. The van der Waals surface area contributed by atoms with Crippen LogP contribution in [0.3, 0.4) is 0 Å². The summed E-state index contributed by atoms with van der Waals surface area (Å²) >= 11 is 0. The number of carbonyl (C=O) groups excluding carboxylic acids is 2. The van der Waals surface area contributed by atoms with E-state index in [-0.39, 0.29) is 24.1 Å². The van der Waals surface area contributed by atoms with Gasteiger partial charge in [0, 0.05) is 11.4 Å². The third-order valence-corrected chi connectivity index (χ3v) is 4.40. The number of halogens is 2. The van der Waals surface area contributed by atoms with Gasteiger partial charge < -0.3 is 20.1 Å². The number of likely N-dealkylation sites (N-methyl/N-ethyl adjacent to an activating group) is 1. The standard InChI is InChI=1S/C21H25F2N3O4/c1-4-26(13-19(27)24-15-5-9-17(29-3)10-6-15)14(2)20(28)25-16-7-11-18(12-8-16)30-21(22)23/h5-12,14,21H,4,13H2,1-3H3,(H,24,27)(H,25,28). The molecule has 1 atom stereocenters. The first kappa shape index (κ1) is 23.1. The number of ether oxygens (including phenoxy) is 2. The van der Waals surface area contributed by atoms with Crippen LogP contribution in [0.25, 0.3) is 0 Å². The van der Waals surface area contributed by atoms with Gasteiger partial charge in [0.15, 0.2) is 0 Å². The van der Waals surface area contributed by atoms with E-state index in [4.69, 9.17) is 4.74 Å². The second-order valence-corrected chi connectivity index (χ2v) is 6.41. The van der Waals surface area contributed by atoms with Gasteiger partial charge in [-0.1, -0.05) is 6.92 Å². The Kier molecular flexibility index (Phi) is 8.54. The Morgan fingerprint density at radius 1 is 0.967 bits per heavy atom. The molecule has 2 rings (SSSR count). The van der Waals surface area contributed by atoms with Gasteiger partial charge in [-0.25, -0.2) is 0 Å². The van der Waals surface area contributed by atoms with Gasteiger partial charge in [-0.2, -0.15) is 8.78 Å². The van der Waals surface area contributed by atoms with E-state index in [1.165, 1.54) is 24.3 Å². The van der Waals surface area contributed by atoms with Gasteiger partial charge >= 0.3 is 6.61 Å². The molecule has 0 saturated heterocycles. The topological polar surface area (TPSA) is 79.9 Å². The fraction of sp³-hybridized carbons (Fsp3) is 0.333. The van der Waals surface area contributed by atoms with Crippen molar-refractivity contribution in [2.24, 2.45) is 0 Å². The molecule has 0 saturated carbocycles. The number of nitrogens with zero attached hydrogens (tertiary/aromatic N) is 1. The highest BCUT2D eigenvalue weighted by Gasteiger charge is 2.22. The van der Waals surface area contributed by atoms with Crippen LogP contribution in [0.5, 0.6) is 11.5 Å². The molecule has 30 heavy (non-hydrogen) atoms. The zero-order valence-electron chi connectivity index (χ0n) is 17.0. The van der Waals surface area contributed by atoms with Crippen LogP contribution in [0.2, 0.25) is 0 Å². The van der Waals surface area contributed by atoms with E-state index in [9.17, 15) is 18.4 Å². The Morgan fingerprint density at radius 2 is 1.50 bits per heavy atom. The van der Waals surface area contributed by atoms with Crippen molar-refractivity contribution in [3.63, 3.8) is 0 Å². The number of hydrogen-bond acceptors (Lipinski definition) is 5. The molecule has 0 fully saturated rings. The van der Waals surface area contributed by atoms with Crippen LogP contribution in [0.15, 0.2) is 48.5 Å². The molecule has 1 unspecified atom stereocenters. The van der Waals surface area contributed by atoms with Crippen molar-refractivity contribution in [2.75, 3.05) is 30.8 Å². The molecule has 0 radical (unpaired) electrons. The third-order valence-electron chi connectivity index (χ3n) is 4.40. The molecule has 0 bridgehead atoms. The molecule has 0 aliphatic heterocycles. The number of rotatable bonds is 10. The van der Waals surface area contributed by atoms with Crippen LogP contribution in [0, 0.1) is 0 Å². The van der Waals surface area contributed by atoms with E-state index in [0.29, 0.717) is 23.7 Å². The van der Waals surface area contributed by atoms with Crippen LogP contribution in [-0.2, 0) is 9.59 Å². The molecule has 0 aliphatic carbocycles.